The van der Waals surface area contributed by atoms with Crippen LogP contribution in [0.4, 0.5) is 0 Å². The van der Waals surface area contributed by atoms with Crippen molar-refractivity contribution in [1.82, 2.24) is 10.0 Å². The topological polar surface area (TPSA) is 82.0 Å². The molecule has 6 heteroatoms. The molecule has 1 aromatic carbocycles. The molecule has 0 spiro atoms. The van der Waals surface area contributed by atoms with Crippen LogP contribution in [-0.4, -0.2) is 27.5 Å². The number of nitriles is 1. The summed E-state index contributed by atoms with van der Waals surface area (Å²) >= 11 is 0. The van der Waals surface area contributed by atoms with Crippen LogP contribution in [0.2, 0.25) is 0 Å². The van der Waals surface area contributed by atoms with Gasteiger partial charge in [-0.1, -0.05) is 6.42 Å². The van der Waals surface area contributed by atoms with Gasteiger partial charge in [0.1, 0.15) is 0 Å². The number of nitrogens with one attached hydrogen (secondary N) is 2. The normalized spacial score (nSPS) is 19.5. The SMILES string of the molecule is Cc1cc(S(=O)(=O)NCC2CCCCN2)ccc1C#N. The fraction of sp³-hybridized carbons (Fsp3) is 0.500. The molecule has 1 aromatic rings. The molecule has 1 saturated heterocycles. The summed E-state index contributed by atoms with van der Waals surface area (Å²) in [6.07, 6.45) is 3.28. The first-order valence-electron chi connectivity index (χ1n) is 6.77. The first kappa shape index (κ1) is 15.0. The highest BCUT2D eigenvalue weighted by molar-refractivity contribution is 7.89. The van der Waals surface area contributed by atoms with E-state index in [1.165, 1.54) is 12.1 Å². The Morgan fingerprint density at radius 3 is 2.85 bits per heavy atom. The Labute approximate surface area is 120 Å². The lowest BCUT2D eigenvalue weighted by molar-refractivity contribution is 0.398. The van der Waals surface area contributed by atoms with E-state index >= 15 is 0 Å². The number of nitrogens with zero attached hydrogens (tertiary/aromatic N) is 1. The first-order chi connectivity index (χ1) is 9.53. The molecule has 2 rings (SSSR count). The molecule has 5 nitrogen and oxygen atoms in total. The highest BCUT2D eigenvalue weighted by atomic mass is 32.2. The standard InChI is InChI=1S/C14H19N3O2S/c1-11-8-14(6-5-12(11)9-15)20(18,19)17-10-13-4-2-3-7-16-13/h5-6,8,13,16-17H,2-4,7,10H2,1H3. The molecule has 1 heterocycles. The predicted octanol–water partition coefficient (Wildman–Crippen LogP) is 1.29. The van der Waals surface area contributed by atoms with Gasteiger partial charge in [-0.05, 0) is 50.1 Å². The van der Waals surface area contributed by atoms with Gasteiger partial charge in [-0.25, -0.2) is 13.1 Å². The lowest BCUT2D eigenvalue weighted by Gasteiger charge is -2.23. The molecule has 0 aliphatic carbocycles. The third-order valence-corrected chi connectivity index (χ3v) is 4.98. The van der Waals surface area contributed by atoms with Gasteiger partial charge >= 0.3 is 0 Å². The van der Waals surface area contributed by atoms with E-state index in [0.29, 0.717) is 17.7 Å². The fourth-order valence-corrected chi connectivity index (χ4v) is 3.49. The zero-order chi connectivity index (χ0) is 14.6. The number of piperidine rings is 1. The molecule has 0 saturated carbocycles. The van der Waals surface area contributed by atoms with E-state index in [9.17, 15) is 8.42 Å². The van der Waals surface area contributed by atoms with Gasteiger partial charge in [-0.3, -0.25) is 0 Å². The summed E-state index contributed by atoms with van der Waals surface area (Å²) in [4.78, 5) is 0.213. The van der Waals surface area contributed by atoms with Crippen molar-refractivity contribution < 1.29 is 8.42 Å². The summed E-state index contributed by atoms with van der Waals surface area (Å²) in [6, 6.07) is 6.79. The quantitative estimate of drug-likeness (QED) is 0.876. The lowest BCUT2D eigenvalue weighted by atomic mass is 10.1. The van der Waals surface area contributed by atoms with Gasteiger partial charge in [-0.15, -0.1) is 0 Å². The maximum absolute atomic E-state index is 12.2. The van der Waals surface area contributed by atoms with Crippen LogP contribution in [0.3, 0.4) is 0 Å². The molecule has 1 fully saturated rings. The Balaban J connectivity index is 2.06. The Bertz CT molecular complexity index is 614. The van der Waals surface area contributed by atoms with E-state index in [1.807, 2.05) is 6.07 Å². The van der Waals surface area contributed by atoms with Gasteiger partial charge in [0.25, 0.3) is 0 Å². The summed E-state index contributed by atoms with van der Waals surface area (Å²) in [5.41, 5.74) is 1.17. The molecule has 0 aromatic heterocycles. The van der Waals surface area contributed by atoms with Crippen molar-refractivity contribution in [2.24, 2.45) is 0 Å². The second-order valence-corrected chi connectivity index (χ2v) is 6.85. The van der Waals surface area contributed by atoms with Crippen molar-refractivity contribution in [3.8, 4) is 6.07 Å². The summed E-state index contributed by atoms with van der Waals surface area (Å²) in [6.45, 7) is 3.09. The molecule has 0 bridgehead atoms. The van der Waals surface area contributed by atoms with Crippen LogP contribution < -0.4 is 10.0 Å². The second-order valence-electron chi connectivity index (χ2n) is 5.09. The van der Waals surface area contributed by atoms with Crippen molar-refractivity contribution in [3.05, 3.63) is 29.3 Å². The van der Waals surface area contributed by atoms with Crippen LogP contribution in [0.15, 0.2) is 23.1 Å². The van der Waals surface area contributed by atoms with Crippen LogP contribution >= 0.6 is 0 Å². The van der Waals surface area contributed by atoms with Crippen LogP contribution in [0, 0.1) is 18.3 Å². The van der Waals surface area contributed by atoms with Crippen molar-refractivity contribution in [2.45, 2.75) is 37.1 Å². The average molecular weight is 293 g/mol. The Morgan fingerprint density at radius 1 is 1.45 bits per heavy atom. The van der Waals surface area contributed by atoms with E-state index in [1.54, 1.807) is 13.0 Å². The van der Waals surface area contributed by atoms with Gasteiger partial charge in [0.05, 0.1) is 16.5 Å². The summed E-state index contributed by atoms with van der Waals surface area (Å²) in [5, 5.41) is 12.2. The number of aryl methyl sites for hydroxylation is 1. The minimum atomic E-state index is -3.51. The largest absolute Gasteiger partial charge is 0.313 e. The molecule has 1 atom stereocenters. The van der Waals surface area contributed by atoms with E-state index in [0.717, 1.165) is 25.8 Å². The van der Waals surface area contributed by atoms with Crippen molar-refractivity contribution in [2.75, 3.05) is 13.1 Å². The zero-order valence-corrected chi connectivity index (χ0v) is 12.3. The zero-order valence-electron chi connectivity index (χ0n) is 11.5. The number of sulfonamides is 1. The van der Waals surface area contributed by atoms with E-state index in [2.05, 4.69) is 10.0 Å². The van der Waals surface area contributed by atoms with Crippen LogP contribution in [0.1, 0.15) is 30.4 Å². The number of hydrogen-bond donors (Lipinski definition) is 2. The molecule has 20 heavy (non-hydrogen) atoms. The van der Waals surface area contributed by atoms with E-state index in [4.69, 9.17) is 5.26 Å². The molecule has 1 unspecified atom stereocenters. The lowest BCUT2D eigenvalue weighted by Crippen LogP contribution is -2.43. The molecule has 108 valence electrons. The Hall–Kier alpha value is -1.42. The third kappa shape index (κ3) is 3.57. The maximum Gasteiger partial charge on any atom is 0.240 e. The summed E-state index contributed by atoms with van der Waals surface area (Å²) < 4.78 is 27.0. The van der Waals surface area contributed by atoms with Gasteiger partial charge in [0.2, 0.25) is 10.0 Å². The monoisotopic (exact) mass is 293 g/mol. The first-order valence-corrected chi connectivity index (χ1v) is 8.25. The van der Waals surface area contributed by atoms with Crippen LogP contribution in [0.25, 0.3) is 0 Å². The van der Waals surface area contributed by atoms with Crippen molar-refractivity contribution in [3.63, 3.8) is 0 Å². The molecule has 0 radical (unpaired) electrons. The van der Waals surface area contributed by atoms with Gasteiger partial charge in [0, 0.05) is 12.6 Å². The minimum Gasteiger partial charge on any atom is -0.313 e. The summed E-state index contributed by atoms with van der Waals surface area (Å²) in [5.74, 6) is 0. The Kier molecular flexibility index (Phi) is 4.76. The number of benzene rings is 1. The Morgan fingerprint density at radius 2 is 2.25 bits per heavy atom. The van der Waals surface area contributed by atoms with E-state index < -0.39 is 10.0 Å². The molecule has 1 aliphatic rings. The van der Waals surface area contributed by atoms with Gasteiger partial charge in [0.15, 0.2) is 0 Å². The maximum atomic E-state index is 12.2. The molecule has 2 N–H and O–H groups in total. The molecular weight excluding hydrogens is 274 g/mol. The third-order valence-electron chi connectivity index (χ3n) is 3.56. The van der Waals surface area contributed by atoms with Crippen LogP contribution in [-0.2, 0) is 10.0 Å². The van der Waals surface area contributed by atoms with Crippen molar-refractivity contribution >= 4 is 10.0 Å². The van der Waals surface area contributed by atoms with Crippen molar-refractivity contribution in [1.29, 1.82) is 5.26 Å². The highest BCUT2D eigenvalue weighted by Gasteiger charge is 2.18. The molecular formula is C14H19N3O2S. The molecule has 0 amide bonds. The average Bonchev–Trinajstić information content (AvgIpc) is 2.46. The number of hydrogen-bond acceptors (Lipinski definition) is 4. The smallest absolute Gasteiger partial charge is 0.240 e. The second kappa shape index (κ2) is 6.35. The molecule has 1 aliphatic heterocycles. The predicted molar refractivity (Wildman–Crippen MR) is 76.7 cm³/mol. The highest BCUT2D eigenvalue weighted by Crippen LogP contribution is 2.15. The fourth-order valence-electron chi connectivity index (χ4n) is 2.32. The van der Waals surface area contributed by atoms with Gasteiger partial charge in [-0.2, -0.15) is 5.26 Å². The van der Waals surface area contributed by atoms with Crippen LogP contribution in [0.5, 0.6) is 0 Å². The number of rotatable bonds is 4. The minimum absolute atomic E-state index is 0.206. The van der Waals surface area contributed by atoms with E-state index in [-0.39, 0.29) is 10.9 Å². The summed E-state index contributed by atoms with van der Waals surface area (Å²) in [7, 11) is -3.51. The van der Waals surface area contributed by atoms with Gasteiger partial charge < -0.3 is 5.32 Å².